The molecule has 0 spiro atoms. The number of aromatic nitrogens is 1. The highest BCUT2D eigenvalue weighted by molar-refractivity contribution is 5.84. The summed E-state index contributed by atoms with van der Waals surface area (Å²) in [5, 5.41) is 13.8. The van der Waals surface area contributed by atoms with Gasteiger partial charge < -0.3 is 15.0 Å². The largest absolute Gasteiger partial charge is 0.495 e. The molecule has 0 atom stereocenters. The Morgan fingerprint density at radius 2 is 2.00 bits per heavy atom. The molecule has 0 unspecified atom stereocenters. The highest BCUT2D eigenvalue weighted by Crippen LogP contribution is 2.31. The van der Waals surface area contributed by atoms with Crippen molar-refractivity contribution in [2.75, 3.05) is 19.0 Å². The Morgan fingerprint density at radius 3 is 2.70 bits per heavy atom. The van der Waals surface area contributed by atoms with Crippen LogP contribution in [-0.2, 0) is 5.41 Å². The number of methoxy groups -OCH3 is 1. The minimum absolute atomic E-state index is 0.492. The molecular weight excluding hydrogens is 334 g/mol. The molecule has 1 aromatic heterocycles. The van der Waals surface area contributed by atoms with Crippen molar-refractivity contribution in [2.24, 2.45) is 0 Å². The zero-order chi connectivity index (χ0) is 19.4. The summed E-state index contributed by atoms with van der Waals surface area (Å²) in [6.07, 6.45) is 0. The molecule has 0 aliphatic carbocycles. The number of hydrogen-bond donors (Lipinski definition) is 2. The minimum atomic E-state index is -0.556. The monoisotopic (exact) mass is 357 g/mol. The van der Waals surface area contributed by atoms with E-state index in [9.17, 15) is 5.26 Å². The first-order valence-electron chi connectivity index (χ1n) is 8.85. The Labute approximate surface area is 160 Å². The van der Waals surface area contributed by atoms with Crippen LogP contribution in [0.15, 0.2) is 42.5 Å². The molecule has 0 fully saturated rings. The fraction of sp³-hybridized carbons (Fsp3) is 0.261. The van der Waals surface area contributed by atoms with E-state index in [0.29, 0.717) is 12.3 Å². The molecule has 2 aromatic carbocycles. The van der Waals surface area contributed by atoms with Gasteiger partial charge in [0.15, 0.2) is 0 Å². The molecule has 0 radical (unpaired) electrons. The van der Waals surface area contributed by atoms with E-state index in [1.807, 2.05) is 38.1 Å². The van der Waals surface area contributed by atoms with Crippen molar-refractivity contribution in [3.05, 3.63) is 59.3 Å². The van der Waals surface area contributed by atoms with Crippen LogP contribution in [0.1, 0.15) is 30.7 Å². The number of rotatable bonds is 4. The average Bonchev–Trinajstić information content (AvgIpc) is 3.09. The predicted octanol–water partition coefficient (Wildman–Crippen LogP) is 4.75. The van der Waals surface area contributed by atoms with E-state index in [-0.39, 0.29) is 0 Å². The number of ether oxygens (including phenoxy) is 1. The lowest BCUT2D eigenvalue weighted by Gasteiger charge is -2.18. The highest BCUT2D eigenvalue weighted by atomic mass is 16.5. The number of hydrogen-bond acceptors (Lipinski definition) is 3. The summed E-state index contributed by atoms with van der Waals surface area (Å²) in [5.74, 6) is 7.01. The lowest BCUT2D eigenvalue weighted by Crippen LogP contribution is -2.14. The normalized spacial score (nSPS) is 10.8. The predicted molar refractivity (Wildman–Crippen MR) is 110 cm³/mol. The van der Waals surface area contributed by atoms with Gasteiger partial charge in [0.1, 0.15) is 5.75 Å². The van der Waals surface area contributed by atoms with Crippen LogP contribution in [-0.4, -0.2) is 18.6 Å². The molecule has 4 nitrogen and oxygen atoms in total. The molecule has 0 amide bonds. The first-order chi connectivity index (χ1) is 12.9. The molecule has 4 heteroatoms. The van der Waals surface area contributed by atoms with E-state index >= 15 is 0 Å². The quantitative estimate of drug-likeness (QED) is 0.663. The summed E-state index contributed by atoms with van der Waals surface area (Å²) >= 11 is 0. The maximum atomic E-state index is 9.30. The topological polar surface area (TPSA) is 60.8 Å². The van der Waals surface area contributed by atoms with Crippen molar-refractivity contribution >= 4 is 16.6 Å². The van der Waals surface area contributed by atoms with E-state index in [2.05, 4.69) is 53.3 Å². The number of nitrogens with one attached hydrogen (secondary N) is 2. The lowest BCUT2D eigenvalue weighted by molar-refractivity contribution is 0.415. The summed E-state index contributed by atoms with van der Waals surface area (Å²) < 4.78 is 5.47. The number of benzene rings is 2. The van der Waals surface area contributed by atoms with Crippen LogP contribution in [0, 0.1) is 30.1 Å². The Bertz CT molecular complexity index is 1070. The van der Waals surface area contributed by atoms with Crippen molar-refractivity contribution in [1.82, 2.24) is 4.98 Å². The number of nitriles is 1. The van der Waals surface area contributed by atoms with E-state index in [1.54, 1.807) is 7.11 Å². The Kier molecular flexibility index (Phi) is 5.10. The number of aryl methyl sites for hydroxylation is 1. The van der Waals surface area contributed by atoms with Crippen molar-refractivity contribution < 1.29 is 4.74 Å². The van der Waals surface area contributed by atoms with Gasteiger partial charge in [-0.15, -0.1) is 0 Å². The van der Waals surface area contributed by atoms with Gasteiger partial charge in [-0.3, -0.25) is 0 Å². The van der Waals surface area contributed by atoms with Gasteiger partial charge in [-0.1, -0.05) is 24.1 Å². The SMILES string of the molecule is COc1cc(C(C)(C)C#N)ccc1NCC#Cc1cc2c(C)cccc2[nH]1. The molecule has 136 valence electrons. The smallest absolute Gasteiger partial charge is 0.142 e. The molecule has 1 heterocycles. The molecular formula is C23H23N3O. The van der Waals surface area contributed by atoms with E-state index in [4.69, 9.17) is 4.74 Å². The third-order valence-electron chi connectivity index (χ3n) is 4.68. The van der Waals surface area contributed by atoms with Crippen LogP contribution in [0.5, 0.6) is 5.75 Å². The van der Waals surface area contributed by atoms with Gasteiger partial charge in [0.05, 0.1) is 36.5 Å². The van der Waals surface area contributed by atoms with E-state index < -0.39 is 5.41 Å². The number of H-pyrrole nitrogens is 1. The van der Waals surface area contributed by atoms with Crippen molar-refractivity contribution in [3.63, 3.8) is 0 Å². The average molecular weight is 357 g/mol. The van der Waals surface area contributed by atoms with Crippen LogP contribution in [0.3, 0.4) is 0 Å². The first kappa shape index (κ1) is 18.4. The number of aromatic amines is 1. The maximum absolute atomic E-state index is 9.30. The standard InChI is InChI=1S/C23H23N3O/c1-16-7-5-9-20-19(16)14-18(26-20)8-6-12-25-21-11-10-17(13-22(21)27-4)23(2,3)15-24/h5,7,9-11,13-14,25-26H,12H2,1-4H3. The summed E-state index contributed by atoms with van der Waals surface area (Å²) in [6, 6.07) is 16.4. The summed E-state index contributed by atoms with van der Waals surface area (Å²) in [5.41, 5.74) is 4.46. The number of anilines is 1. The van der Waals surface area contributed by atoms with Gasteiger partial charge in [0.25, 0.3) is 0 Å². The molecule has 3 rings (SSSR count). The van der Waals surface area contributed by atoms with Crippen molar-refractivity contribution in [3.8, 4) is 23.7 Å². The third kappa shape index (κ3) is 3.91. The number of nitrogens with zero attached hydrogens (tertiary/aromatic N) is 1. The van der Waals surface area contributed by atoms with Crippen molar-refractivity contribution in [1.29, 1.82) is 5.26 Å². The van der Waals surface area contributed by atoms with E-state index in [1.165, 1.54) is 10.9 Å². The summed E-state index contributed by atoms with van der Waals surface area (Å²) in [7, 11) is 1.63. The highest BCUT2D eigenvalue weighted by Gasteiger charge is 2.21. The van der Waals surface area contributed by atoms with Crippen LogP contribution in [0.2, 0.25) is 0 Å². The second-order valence-electron chi connectivity index (χ2n) is 7.03. The van der Waals surface area contributed by atoms with Gasteiger partial charge in [0, 0.05) is 10.9 Å². The van der Waals surface area contributed by atoms with Gasteiger partial charge in [0.2, 0.25) is 0 Å². The van der Waals surface area contributed by atoms with Crippen LogP contribution >= 0.6 is 0 Å². The fourth-order valence-corrected chi connectivity index (χ4v) is 2.94. The van der Waals surface area contributed by atoms with E-state index in [0.717, 1.165) is 22.5 Å². The van der Waals surface area contributed by atoms with Crippen LogP contribution < -0.4 is 10.1 Å². The summed E-state index contributed by atoms with van der Waals surface area (Å²) in [4.78, 5) is 3.33. The third-order valence-corrected chi connectivity index (χ3v) is 4.68. The van der Waals surface area contributed by atoms with Crippen molar-refractivity contribution in [2.45, 2.75) is 26.2 Å². The molecule has 27 heavy (non-hydrogen) atoms. The zero-order valence-corrected chi connectivity index (χ0v) is 16.1. The Hall–Kier alpha value is -3.37. The van der Waals surface area contributed by atoms with Gasteiger partial charge in [-0.05, 0) is 62.1 Å². The Morgan fingerprint density at radius 1 is 1.19 bits per heavy atom. The first-order valence-corrected chi connectivity index (χ1v) is 8.85. The molecule has 0 saturated carbocycles. The van der Waals surface area contributed by atoms with Gasteiger partial charge in [-0.2, -0.15) is 5.26 Å². The Balaban J connectivity index is 1.73. The molecule has 0 aliphatic rings. The molecule has 0 bridgehead atoms. The minimum Gasteiger partial charge on any atom is -0.495 e. The fourth-order valence-electron chi connectivity index (χ4n) is 2.94. The lowest BCUT2D eigenvalue weighted by atomic mass is 9.86. The van der Waals surface area contributed by atoms with Gasteiger partial charge >= 0.3 is 0 Å². The maximum Gasteiger partial charge on any atom is 0.142 e. The molecule has 2 N–H and O–H groups in total. The van der Waals surface area contributed by atoms with Crippen LogP contribution in [0.25, 0.3) is 10.9 Å². The molecule has 0 saturated heterocycles. The second-order valence-corrected chi connectivity index (χ2v) is 7.03. The summed E-state index contributed by atoms with van der Waals surface area (Å²) in [6.45, 7) is 6.37. The second kappa shape index (κ2) is 7.48. The molecule has 0 aliphatic heterocycles. The van der Waals surface area contributed by atoms with Gasteiger partial charge in [-0.25, -0.2) is 0 Å². The van der Waals surface area contributed by atoms with Crippen LogP contribution in [0.4, 0.5) is 5.69 Å². The number of fused-ring (bicyclic) bond motifs is 1. The zero-order valence-electron chi connectivity index (χ0n) is 16.1. The molecule has 3 aromatic rings.